The normalized spacial score (nSPS) is 10.9. The SMILES string of the molecule is CN(CC(=O)Nc1nccs1)Cc1cnn(-c2ccccc2)c1. The van der Waals surface area contributed by atoms with Crippen LogP contribution < -0.4 is 5.32 Å². The number of hydrogen-bond acceptors (Lipinski definition) is 5. The third-order valence-electron chi connectivity index (χ3n) is 3.20. The van der Waals surface area contributed by atoms with Crippen LogP contribution in [0.15, 0.2) is 54.3 Å². The van der Waals surface area contributed by atoms with Crippen LogP contribution >= 0.6 is 11.3 Å². The van der Waals surface area contributed by atoms with Crippen molar-refractivity contribution < 1.29 is 4.79 Å². The van der Waals surface area contributed by atoms with Crippen molar-refractivity contribution in [2.75, 3.05) is 18.9 Å². The maximum atomic E-state index is 11.9. The highest BCUT2D eigenvalue weighted by atomic mass is 32.1. The first-order chi connectivity index (χ1) is 11.2. The summed E-state index contributed by atoms with van der Waals surface area (Å²) in [6.45, 7) is 0.953. The van der Waals surface area contributed by atoms with Crippen molar-refractivity contribution >= 4 is 22.4 Å². The molecule has 0 aliphatic carbocycles. The van der Waals surface area contributed by atoms with Crippen LogP contribution in [0.4, 0.5) is 5.13 Å². The highest BCUT2D eigenvalue weighted by Crippen LogP contribution is 2.11. The van der Waals surface area contributed by atoms with Crippen LogP contribution in [0.3, 0.4) is 0 Å². The van der Waals surface area contributed by atoms with E-state index in [-0.39, 0.29) is 5.91 Å². The number of anilines is 1. The number of aromatic nitrogens is 3. The summed E-state index contributed by atoms with van der Waals surface area (Å²) in [7, 11) is 1.90. The van der Waals surface area contributed by atoms with Gasteiger partial charge < -0.3 is 5.32 Å². The molecule has 2 heterocycles. The Bertz CT molecular complexity index is 754. The largest absolute Gasteiger partial charge is 0.301 e. The Hall–Kier alpha value is -2.51. The van der Waals surface area contributed by atoms with E-state index in [0.29, 0.717) is 18.2 Å². The first-order valence-electron chi connectivity index (χ1n) is 7.17. The summed E-state index contributed by atoms with van der Waals surface area (Å²) >= 11 is 1.41. The number of likely N-dealkylation sites (N-methyl/N-ethyl adjacent to an activating group) is 1. The zero-order valence-electron chi connectivity index (χ0n) is 12.7. The Morgan fingerprint density at radius 3 is 2.91 bits per heavy atom. The summed E-state index contributed by atoms with van der Waals surface area (Å²) in [6, 6.07) is 9.93. The van der Waals surface area contributed by atoms with Crippen LogP contribution in [-0.2, 0) is 11.3 Å². The van der Waals surface area contributed by atoms with Crippen molar-refractivity contribution in [3.05, 3.63) is 59.9 Å². The maximum absolute atomic E-state index is 11.9. The highest BCUT2D eigenvalue weighted by Gasteiger charge is 2.10. The molecule has 23 heavy (non-hydrogen) atoms. The number of thiazole rings is 1. The molecule has 118 valence electrons. The Kier molecular flexibility index (Phi) is 4.80. The van der Waals surface area contributed by atoms with E-state index in [0.717, 1.165) is 11.3 Å². The van der Waals surface area contributed by atoms with Gasteiger partial charge >= 0.3 is 0 Å². The average molecular weight is 327 g/mol. The van der Waals surface area contributed by atoms with Gasteiger partial charge in [-0.05, 0) is 19.2 Å². The minimum absolute atomic E-state index is 0.0714. The maximum Gasteiger partial charge on any atom is 0.240 e. The van der Waals surface area contributed by atoms with Gasteiger partial charge in [0.2, 0.25) is 5.91 Å². The van der Waals surface area contributed by atoms with Gasteiger partial charge in [-0.15, -0.1) is 11.3 Å². The van der Waals surface area contributed by atoms with Gasteiger partial charge in [0.05, 0.1) is 18.4 Å². The minimum Gasteiger partial charge on any atom is -0.301 e. The zero-order valence-corrected chi connectivity index (χ0v) is 13.5. The molecule has 2 aromatic heterocycles. The Labute approximate surface area is 138 Å². The lowest BCUT2D eigenvalue weighted by Gasteiger charge is -2.14. The van der Waals surface area contributed by atoms with Gasteiger partial charge in [0.1, 0.15) is 0 Å². The van der Waals surface area contributed by atoms with E-state index in [4.69, 9.17) is 0 Å². The minimum atomic E-state index is -0.0714. The van der Waals surface area contributed by atoms with Gasteiger partial charge in [0.25, 0.3) is 0 Å². The first kappa shape index (κ1) is 15.4. The topological polar surface area (TPSA) is 63.1 Å². The molecule has 0 aliphatic heterocycles. The van der Waals surface area contributed by atoms with E-state index < -0.39 is 0 Å². The Morgan fingerprint density at radius 2 is 2.17 bits per heavy atom. The van der Waals surface area contributed by atoms with Gasteiger partial charge in [-0.1, -0.05) is 18.2 Å². The lowest BCUT2D eigenvalue weighted by Crippen LogP contribution is -2.29. The van der Waals surface area contributed by atoms with Crippen LogP contribution in [-0.4, -0.2) is 39.2 Å². The number of hydrogen-bond donors (Lipinski definition) is 1. The van der Waals surface area contributed by atoms with Crippen molar-refractivity contribution in [1.29, 1.82) is 0 Å². The number of benzene rings is 1. The third-order valence-corrected chi connectivity index (χ3v) is 3.89. The van der Waals surface area contributed by atoms with E-state index in [9.17, 15) is 4.79 Å². The molecular formula is C16H17N5OS. The molecule has 1 amide bonds. The van der Waals surface area contributed by atoms with Crippen molar-refractivity contribution in [2.24, 2.45) is 0 Å². The molecule has 0 saturated heterocycles. The summed E-state index contributed by atoms with van der Waals surface area (Å²) < 4.78 is 1.83. The molecule has 0 atom stereocenters. The third kappa shape index (κ3) is 4.24. The van der Waals surface area contributed by atoms with Gasteiger partial charge in [-0.2, -0.15) is 5.10 Å². The molecule has 1 aromatic carbocycles. The fourth-order valence-corrected chi connectivity index (χ4v) is 2.77. The van der Waals surface area contributed by atoms with E-state index >= 15 is 0 Å². The molecule has 0 fully saturated rings. The molecule has 0 spiro atoms. The quantitative estimate of drug-likeness (QED) is 0.755. The van der Waals surface area contributed by atoms with Crippen molar-refractivity contribution in [1.82, 2.24) is 19.7 Å². The van der Waals surface area contributed by atoms with Crippen LogP contribution in [0.2, 0.25) is 0 Å². The van der Waals surface area contributed by atoms with E-state index in [1.807, 2.05) is 64.7 Å². The lowest BCUT2D eigenvalue weighted by atomic mass is 10.3. The smallest absolute Gasteiger partial charge is 0.240 e. The fourth-order valence-electron chi connectivity index (χ4n) is 2.22. The summed E-state index contributed by atoms with van der Waals surface area (Å²) in [5.74, 6) is -0.0714. The second-order valence-corrected chi connectivity index (χ2v) is 6.08. The molecule has 0 unspecified atom stereocenters. The van der Waals surface area contributed by atoms with Crippen LogP contribution in [0, 0.1) is 0 Å². The fraction of sp³-hybridized carbons (Fsp3) is 0.188. The highest BCUT2D eigenvalue weighted by molar-refractivity contribution is 7.13. The monoisotopic (exact) mass is 327 g/mol. The van der Waals surface area contributed by atoms with Crippen LogP contribution in [0.5, 0.6) is 0 Å². The number of para-hydroxylation sites is 1. The van der Waals surface area contributed by atoms with Crippen LogP contribution in [0.1, 0.15) is 5.56 Å². The molecule has 3 rings (SSSR count). The van der Waals surface area contributed by atoms with Crippen molar-refractivity contribution in [3.8, 4) is 5.69 Å². The van der Waals surface area contributed by atoms with E-state index in [1.54, 1.807) is 6.20 Å². The average Bonchev–Trinajstić information content (AvgIpc) is 3.20. The van der Waals surface area contributed by atoms with Crippen molar-refractivity contribution in [2.45, 2.75) is 6.54 Å². The Morgan fingerprint density at radius 1 is 1.35 bits per heavy atom. The Balaban J connectivity index is 1.55. The first-order valence-corrected chi connectivity index (χ1v) is 8.05. The molecule has 1 N–H and O–H groups in total. The second-order valence-electron chi connectivity index (χ2n) is 5.19. The summed E-state index contributed by atoms with van der Waals surface area (Å²) in [6.07, 6.45) is 5.47. The second kappa shape index (κ2) is 7.17. The predicted molar refractivity (Wildman–Crippen MR) is 90.6 cm³/mol. The number of amides is 1. The number of nitrogens with one attached hydrogen (secondary N) is 1. The molecule has 0 aliphatic rings. The number of rotatable bonds is 6. The zero-order chi connectivity index (χ0) is 16.1. The van der Waals surface area contributed by atoms with E-state index in [1.165, 1.54) is 11.3 Å². The van der Waals surface area contributed by atoms with Gasteiger partial charge in [-0.25, -0.2) is 9.67 Å². The number of nitrogens with zero attached hydrogens (tertiary/aromatic N) is 4. The molecule has 0 saturated carbocycles. The van der Waals surface area contributed by atoms with Crippen molar-refractivity contribution in [3.63, 3.8) is 0 Å². The summed E-state index contributed by atoms with van der Waals surface area (Å²) in [5, 5.41) is 9.59. The summed E-state index contributed by atoms with van der Waals surface area (Å²) in [4.78, 5) is 17.9. The van der Waals surface area contributed by atoms with Crippen LogP contribution in [0.25, 0.3) is 5.69 Å². The van der Waals surface area contributed by atoms with E-state index in [2.05, 4.69) is 15.4 Å². The van der Waals surface area contributed by atoms with Gasteiger partial charge in [0, 0.05) is 29.9 Å². The number of carbonyl (C=O) groups is 1. The standard InChI is InChI=1S/C16H17N5OS/c1-20(12-15(22)19-16-17-7-8-23-16)10-13-9-18-21(11-13)14-5-3-2-4-6-14/h2-9,11H,10,12H2,1H3,(H,17,19,22). The molecule has 3 aromatic rings. The summed E-state index contributed by atoms with van der Waals surface area (Å²) in [5.41, 5.74) is 2.07. The number of carbonyl (C=O) groups excluding carboxylic acids is 1. The van der Waals surface area contributed by atoms with Gasteiger partial charge in [0.15, 0.2) is 5.13 Å². The van der Waals surface area contributed by atoms with Gasteiger partial charge in [-0.3, -0.25) is 9.69 Å². The molecule has 0 bridgehead atoms. The lowest BCUT2D eigenvalue weighted by molar-refractivity contribution is -0.117. The molecule has 7 heteroatoms. The molecule has 0 radical (unpaired) electrons. The molecular weight excluding hydrogens is 310 g/mol. The predicted octanol–water partition coefficient (Wildman–Crippen LogP) is 2.40. The molecule has 6 nitrogen and oxygen atoms in total.